The largest absolute Gasteiger partial charge is 0.467 e. The number of nitrogens with zero attached hydrogens (tertiary/aromatic N) is 4. The van der Waals surface area contributed by atoms with Crippen molar-refractivity contribution in [1.82, 2.24) is 14.8 Å². The number of esters is 1. The molecule has 0 spiro atoms. The van der Waals surface area contributed by atoms with Gasteiger partial charge in [0, 0.05) is 13.1 Å². The third-order valence-electron chi connectivity index (χ3n) is 5.44. The van der Waals surface area contributed by atoms with Crippen LogP contribution in [0.4, 0.5) is 5.95 Å². The summed E-state index contributed by atoms with van der Waals surface area (Å²) < 4.78 is 18.1. The number of methoxy groups -OCH3 is 1. The number of aromatic nitrogens is 3. The average molecular weight is 445 g/mol. The number of ether oxygens (including phenoxy) is 1. The number of carbonyl (C=O) groups excluding carboxylic acids is 1. The van der Waals surface area contributed by atoms with Crippen LogP contribution in [0.15, 0.2) is 44.5 Å². The van der Waals surface area contributed by atoms with Crippen molar-refractivity contribution in [3.05, 3.63) is 47.8 Å². The minimum atomic E-state index is -0.486. The highest BCUT2D eigenvalue weighted by atomic mass is 32.2. The summed E-state index contributed by atoms with van der Waals surface area (Å²) in [7, 11) is 1.34. The third kappa shape index (κ3) is 4.81. The minimum Gasteiger partial charge on any atom is -0.467 e. The number of rotatable bonds is 7. The van der Waals surface area contributed by atoms with Gasteiger partial charge in [0.05, 0.1) is 25.2 Å². The fourth-order valence-corrected chi connectivity index (χ4v) is 5.04. The molecule has 9 heteroatoms. The Morgan fingerprint density at radius 3 is 2.71 bits per heavy atom. The van der Waals surface area contributed by atoms with E-state index in [1.165, 1.54) is 25.3 Å². The lowest BCUT2D eigenvalue weighted by atomic mass is 9.92. The molecule has 1 aliphatic heterocycles. The predicted octanol–water partition coefficient (Wildman–Crippen LogP) is 4.63. The second-order valence-corrected chi connectivity index (χ2v) is 9.56. The second-order valence-electron chi connectivity index (χ2n) is 8.25. The van der Waals surface area contributed by atoms with Gasteiger partial charge in [-0.3, -0.25) is 4.57 Å². The zero-order valence-corrected chi connectivity index (χ0v) is 19.1. The van der Waals surface area contributed by atoms with Gasteiger partial charge in [-0.2, -0.15) is 0 Å². The topological polar surface area (TPSA) is 86.5 Å². The van der Waals surface area contributed by atoms with Crippen molar-refractivity contribution in [3.8, 4) is 0 Å². The molecule has 0 saturated carbocycles. The van der Waals surface area contributed by atoms with Crippen LogP contribution in [0.2, 0.25) is 0 Å². The first-order valence-electron chi connectivity index (χ1n) is 10.5. The number of piperidine rings is 1. The van der Waals surface area contributed by atoms with Gasteiger partial charge in [0.1, 0.15) is 11.5 Å². The van der Waals surface area contributed by atoms with Crippen LogP contribution >= 0.6 is 11.8 Å². The van der Waals surface area contributed by atoms with Crippen LogP contribution in [0.5, 0.6) is 0 Å². The molecule has 4 rings (SSSR count). The number of hydrogen-bond acceptors (Lipinski definition) is 8. The Hall–Kier alpha value is -2.68. The SMILES string of the molecule is COC(=O)c1ccc(C(C)Sc2nnc(N3CC(C)CC(C)C3)n2Cc2ccco2)o1. The monoisotopic (exact) mass is 444 g/mol. The summed E-state index contributed by atoms with van der Waals surface area (Å²) in [5.74, 6) is 3.30. The molecule has 3 unspecified atom stereocenters. The lowest BCUT2D eigenvalue weighted by molar-refractivity contribution is 0.0563. The molecule has 3 aromatic rings. The van der Waals surface area contributed by atoms with Crippen LogP contribution in [0.1, 0.15) is 54.5 Å². The molecule has 0 aliphatic carbocycles. The smallest absolute Gasteiger partial charge is 0.373 e. The van der Waals surface area contributed by atoms with E-state index in [9.17, 15) is 4.79 Å². The average Bonchev–Trinajstić information content (AvgIpc) is 3.49. The van der Waals surface area contributed by atoms with Crippen LogP contribution in [-0.4, -0.2) is 40.9 Å². The zero-order valence-electron chi connectivity index (χ0n) is 18.3. The first-order chi connectivity index (χ1) is 14.9. The van der Waals surface area contributed by atoms with Crippen molar-refractivity contribution < 1.29 is 18.4 Å². The van der Waals surface area contributed by atoms with Crippen molar-refractivity contribution in [3.63, 3.8) is 0 Å². The Kier molecular flexibility index (Phi) is 6.41. The lowest BCUT2D eigenvalue weighted by Crippen LogP contribution is -2.40. The van der Waals surface area contributed by atoms with E-state index in [-0.39, 0.29) is 11.0 Å². The summed E-state index contributed by atoms with van der Waals surface area (Å²) in [6, 6.07) is 7.27. The normalized spacial score (nSPS) is 20.1. The quantitative estimate of drug-likeness (QED) is 0.385. The number of thioether (sulfide) groups is 1. The molecular formula is C22H28N4O4S. The molecule has 1 saturated heterocycles. The maximum absolute atomic E-state index is 11.7. The van der Waals surface area contributed by atoms with E-state index in [0.717, 1.165) is 30.0 Å². The highest BCUT2D eigenvalue weighted by Gasteiger charge is 2.28. The molecule has 166 valence electrons. The number of carbonyl (C=O) groups is 1. The molecule has 1 aliphatic rings. The molecule has 0 amide bonds. The predicted molar refractivity (Wildman–Crippen MR) is 117 cm³/mol. The van der Waals surface area contributed by atoms with Crippen molar-refractivity contribution >= 4 is 23.7 Å². The van der Waals surface area contributed by atoms with Crippen LogP contribution < -0.4 is 4.90 Å². The number of hydrogen-bond donors (Lipinski definition) is 0. The third-order valence-corrected chi connectivity index (χ3v) is 6.54. The number of furan rings is 2. The van der Waals surface area contributed by atoms with E-state index < -0.39 is 5.97 Å². The van der Waals surface area contributed by atoms with Crippen molar-refractivity contribution in [2.75, 3.05) is 25.1 Å². The zero-order chi connectivity index (χ0) is 22.0. The highest BCUT2D eigenvalue weighted by Crippen LogP contribution is 2.37. The standard InChI is InChI=1S/C22H28N4O4S/c1-14-10-15(2)12-25(11-14)21-23-24-22(26(21)13-17-6-5-9-29-17)31-16(3)18-7-8-19(30-18)20(27)28-4/h5-9,14-16H,10-13H2,1-4H3. The Bertz CT molecular complexity index is 1000. The Morgan fingerprint density at radius 1 is 1.26 bits per heavy atom. The van der Waals surface area contributed by atoms with Gasteiger partial charge in [0.15, 0.2) is 5.16 Å². The van der Waals surface area contributed by atoms with Gasteiger partial charge in [-0.05, 0) is 49.4 Å². The molecule has 0 radical (unpaired) electrons. The van der Waals surface area contributed by atoms with Gasteiger partial charge in [0.2, 0.25) is 11.7 Å². The van der Waals surface area contributed by atoms with Crippen molar-refractivity contribution in [2.45, 2.75) is 44.1 Å². The van der Waals surface area contributed by atoms with Crippen molar-refractivity contribution in [2.24, 2.45) is 11.8 Å². The molecule has 1 fully saturated rings. The van der Waals surface area contributed by atoms with Crippen LogP contribution in [0, 0.1) is 11.8 Å². The van der Waals surface area contributed by atoms with E-state index in [0.29, 0.717) is 24.1 Å². The fraction of sp³-hybridized carbons (Fsp3) is 0.500. The van der Waals surface area contributed by atoms with Gasteiger partial charge in [-0.1, -0.05) is 25.6 Å². The lowest BCUT2D eigenvalue weighted by Gasteiger charge is -2.35. The van der Waals surface area contributed by atoms with Crippen LogP contribution in [0.25, 0.3) is 0 Å². The first kappa shape index (κ1) is 21.5. The molecule has 3 atom stereocenters. The Labute approximate surface area is 185 Å². The molecule has 0 aromatic carbocycles. The fourth-order valence-electron chi connectivity index (χ4n) is 4.12. The summed E-state index contributed by atoms with van der Waals surface area (Å²) in [6.45, 7) is 9.05. The summed E-state index contributed by atoms with van der Waals surface area (Å²) in [6.07, 6.45) is 2.90. The van der Waals surface area contributed by atoms with Crippen molar-refractivity contribution in [1.29, 1.82) is 0 Å². The van der Waals surface area contributed by atoms with E-state index in [1.807, 2.05) is 19.1 Å². The summed E-state index contributed by atoms with van der Waals surface area (Å²) >= 11 is 1.54. The summed E-state index contributed by atoms with van der Waals surface area (Å²) in [5, 5.41) is 9.77. The number of anilines is 1. The van der Waals surface area contributed by atoms with Gasteiger partial charge < -0.3 is 18.5 Å². The molecule has 4 heterocycles. The molecule has 3 aromatic heterocycles. The molecular weight excluding hydrogens is 416 g/mol. The summed E-state index contributed by atoms with van der Waals surface area (Å²) in [5.41, 5.74) is 0. The maximum Gasteiger partial charge on any atom is 0.373 e. The Balaban J connectivity index is 1.60. The Morgan fingerprint density at radius 2 is 2.03 bits per heavy atom. The first-order valence-corrected chi connectivity index (χ1v) is 11.4. The van der Waals surface area contributed by atoms with E-state index >= 15 is 0 Å². The van der Waals surface area contributed by atoms with Crippen LogP contribution in [0.3, 0.4) is 0 Å². The van der Waals surface area contributed by atoms with Gasteiger partial charge in [-0.25, -0.2) is 4.79 Å². The van der Waals surface area contributed by atoms with E-state index in [1.54, 1.807) is 18.4 Å². The molecule has 31 heavy (non-hydrogen) atoms. The molecule has 8 nitrogen and oxygen atoms in total. The maximum atomic E-state index is 11.7. The van der Waals surface area contributed by atoms with E-state index in [4.69, 9.17) is 13.6 Å². The van der Waals surface area contributed by atoms with Gasteiger partial charge in [-0.15, -0.1) is 10.2 Å². The second kappa shape index (κ2) is 9.21. The highest BCUT2D eigenvalue weighted by molar-refractivity contribution is 7.99. The van der Waals surface area contributed by atoms with Gasteiger partial charge >= 0.3 is 5.97 Å². The molecule has 0 bridgehead atoms. The van der Waals surface area contributed by atoms with Gasteiger partial charge in [0.25, 0.3) is 0 Å². The summed E-state index contributed by atoms with van der Waals surface area (Å²) in [4.78, 5) is 14.0. The van der Waals surface area contributed by atoms with Crippen LogP contribution in [-0.2, 0) is 11.3 Å². The minimum absolute atomic E-state index is 0.0648. The van der Waals surface area contributed by atoms with E-state index in [2.05, 4.69) is 33.5 Å². The molecule has 0 N–H and O–H groups in total.